The molecule has 16 heavy (non-hydrogen) atoms. The molecule has 94 valence electrons. The second-order valence-corrected chi connectivity index (χ2v) is 4.38. The van der Waals surface area contributed by atoms with E-state index in [4.69, 9.17) is 10.5 Å². The van der Waals surface area contributed by atoms with Gasteiger partial charge in [0.25, 0.3) is 0 Å². The van der Waals surface area contributed by atoms with Gasteiger partial charge in [0.1, 0.15) is 18.2 Å². The van der Waals surface area contributed by atoms with Gasteiger partial charge in [-0.3, -0.25) is 4.79 Å². The Hall–Kier alpha value is -1.30. The van der Waals surface area contributed by atoms with E-state index >= 15 is 0 Å². The molecule has 0 saturated heterocycles. The average molecular weight is 232 g/mol. The number of hydrogen-bond acceptors (Lipinski definition) is 5. The zero-order valence-corrected chi connectivity index (χ0v) is 10.2. The predicted molar refractivity (Wildman–Crippen MR) is 58.8 cm³/mol. The van der Waals surface area contributed by atoms with Gasteiger partial charge in [-0.05, 0) is 27.7 Å². The van der Waals surface area contributed by atoms with E-state index in [9.17, 15) is 9.59 Å². The van der Waals surface area contributed by atoms with Crippen LogP contribution in [0.4, 0.5) is 4.79 Å². The molecule has 0 heterocycles. The second kappa shape index (κ2) is 6.32. The molecule has 6 nitrogen and oxygen atoms in total. The van der Waals surface area contributed by atoms with Gasteiger partial charge in [-0.2, -0.15) is 0 Å². The summed E-state index contributed by atoms with van der Waals surface area (Å²) in [6.45, 7) is 7.56. The summed E-state index contributed by atoms with van der Waals surface area (Å²) in [7, 11) is 0. The molecule has 0 fully saturated rings. The summed E-state index contributed by atoms with van der Waals surface area (Å²) in [6.07, 6.45) is -0.827. The molecule has 0 aromatic carbocycles. The highest BCUT2D eigenvalue weighted by Gasteiger charge is 2.20. The second-order valence-electron chi connectivity index (χ2n) is 4.38. The van der Waals surface area contributed by atoms with Gasteiger partial charge in [0.15, 0.2) is 0 Å². The number of primary amides is 1. The molecule has 1 atom stereocenters. The van der Waals surface area contributed by atoms with Crippen LogP contribution in [0, 0.1) is 0 Å². The van der Waals surface area contributed by atoms with Crippen LogP contribution >= 0.6 is 0 Å². The van der Waals surface area contributed by atoms with Crippen LogP contribution in [0.1, 0.15) is 27.7 Å². The molecule has 0 aromatic rings. The van der Waals surface area contributed by atoms with Gasteiger partial charge in [0.05, 0.1) is 0 Å². The van der Waals surface area contributed by atoms with E-state index in [2.05, 4.69) is 10.1 Å². The van der Waals surface area contributed by atoms with Crippen molar-refractivity contribution in [1.29, 1.82) is 0 Å². The van der Waals surface area contributed by atoms with E-state index in [0.29, 0.717) is 6.54 Å². The summed E-state index contributed by atoms with van der Waals surface area (Å²) in [4.78, 5) is 21.7. The standard InChI is InChI=1S/C10H20N2O4/c1-7(8(13)16-10(2,3)4)12-5-6-15-9(11)14/h7,12H,5-6H2,1-4H3,(H2,11,14). The van der Waals surface area contributed by atoms with Gasteiger partial charge in [-0.15, -0.1) is 0 Å². The molecule has 0 aliphatic rings. The topological polar surface area (TPSA) is 90.6 Å². The van der Waals surface area contributed by atoms with Crippen LogP contribution in [0.25, 0.3) is 0 Å². The van der Waals surface area contributed by atoms with Crippen molar-refractivity contribution < 1.29 is 19.1 Å². The van der Waals surface area contributed by atoms with Crippen LogP contribution in [-0.4, -0.2) is 36.9 Å². The lowest BCUT2D eigenvalue weighted by molar-refractivity contribution is -0.156. The van der Waals surface area contributed by atoms with E-state index in [1.54, 1.807) is 27.7 Å². The lowest BCUT2D eigenvalue weighted by Crippen LogP contribution is -2.40. The summed E-state index contributed by atoms with van der Waals surface area (Å²) >= 11 is 0. The number of carbonyl (C=O) groups is 2. The first-order valence-corrected chi connectivity index (χ1v) is 5.11. The minimum Gasteiger partial charge on any atom is -0.459 e. The summed E-state index contributed by atoms with van der Waals surface area (Å²) in [5.74, 6) is -0.341. The number of nitrogens with one attached hydrogen (secondary N) is 1. The van der Waals surface area contributed by atoms with Crippen LogP contribution in [-0.2, 0) is 14.3 Å². The highest BCUT2D eigenvalue weighted by atomic mass is 16.6. The molecule has 0 rings (SSSR count). The number of ether oxygens (including phenoxy) is 2. The van der Waals surface area contributed by atoms with Crippen LogP contribution < -0.4 is 11.1 Å². The Morgan fingerprint density at radius 3 is 2.38 bits per heavy atom. The molecular weight excluding hydrogens is 212 g/mol. The molecule has 1 unspecified atom stereocenters. The van der Waals surface area contributed by atoms with Crippen molar-refractivity contribution in [2.45, 2.75) is 39.3 Å². The number of hydrogen-bond donors (Lipinski definition) is 2. The third kappa shape index (κ3) is 8.05. The lowest BCUT2D eigenvalue weighted by Gasteiger charge is -2.22. The molecule has 6 heteroatoms. The maximum Gasteiger partial charge on any atom is 0.404 e. The zero-order valence-electron chi connectivity index (χ0n) is 10.2. The van der Waals surface area contributed by atoms with Crippen molar-refractivity contribution in [2.24, 2.45) is 5.73 Å². The Balaban J connectivity index is 3.76. The molecule has 1 amide bonds. The van der Waals surface area contributed by atoms with Gasteiger partial charge in [-0.1, -0.05) is 0 Å². The van der Waals surface area contributed by atoms with Crippen molar-refractivity contribution >= 4 is 12.1 Å². The zero-order chi connectivity index (χ0) is 12.8. The third-order valence-corrected chi connectivity index (χ3v) is 1.56. The maximum atomic E-state index is 11.5. The lowest BCUT2D eigenvalue weighted by atomic mass is 10.2. The summed E-state index contributed by atoms with van der Waals surface area (Å²) in [6, 6.07) is -0.448. The van der Waals surface area contributed by atoms with E-state index in [1.807, 2.05) is 0 Å². The Labute approximate surface area is 95.5 Å². The van der Waals surface area contributed by atoms with E-state index < -0.39 is 17.7 Å². The maximum absolute atomic E-state index is 11.5. The Kier molecular flexibility index (Phi) is 5.81. The van der Waals surface area contributed by atoms with Gasteiger partial charge in [-0.25, -0.2) is 4.79 Å². The highest BCUT2D eigenvalue weighted by Crippen LogP contribution is 2.07. The van der Waals surface area contributed by atoms with Gasteiger partial charge < -0.3 is 20.5 Å². The average Bonchev–Trinajstić information content (AvgIpc) is 2.08. The van der Waals surface area contributed by atoms with Gasteiger partial charge in [0, 0.05) is 6.54 Å². The number of carbonyl (C=O) groups excluding carboxylic acids is 2. The normalized spacial score (nSPS) is 13.0. The fourth-order valence-electron chi connectivity index (χ4n) is 0.901. The van der Waals surface area contributed by atoms with Crippen LogP contribution in [0.15, 0.2) is 0 Å². The van der Waals surface area contributed by atoms with Crippen molar-refractivity contribution in [2.75, 3.05) is 13.2 Å². The minimum atomic E-state index is -0.827. The van der Waals surface area contributed by atoms with E-state index in [-0.39, 0.29) is 12.6 Å². The van der Waals surface area contributed by atoms with E-state index in [1.165, 1.54) is 0 Å². The molecule has 0 spiro atoms. The number of esters is 1. The minimum absolute atomic E-state index is 0.127. The Morgan fingerprint density at radius 2 is 1.94 bits per heavy atom. The Morgan fingerprint density at radius 1 is 1.38 bits per heavy atom. The highest BCUT2D eigenvalue weighted by molar-refractivity contribution is 5.75. The predicted octanol–water partition coefficient (Wildman–Crippen LogP) is 0.401. The van der Waals surface area contributed by atoms with Crippen LogP contribution in [0.2, 0.25) is 0 Å². The smallest absolute Gasteiger partial charge is 0.404 e. The molecule has 0 saturated carbocycles. The fraction of sp³-hybridized carbons (Fsp3) is 0.800. The van der Waals surface area contributed by atoms with Crippen molar-refractivity contribution in [3.8, 4) is 0 Å². The van der Waals surface area contributed by atoms with Crippen LogP contribution in [0.3, 0.4) is 0 Å². The summed E-state index contributed by atoms with van der Waals surface area (Å²) in [5, 5.41) is 2.85. The molecule has 0 bridgehead atoms. The quantitative estimate of drug-likeness (QED) is 0.529. The molecule has 0 aliphatic heterocycles. The number of nitrogens with two attached hydrogens (primary N) is 1. The largest absolute Gasteiger partial charge is 0.459 e. The summed E-state index contributed by atoms with van der Waals surface area (Å²) in [5.41, 5.74) is 4.27. The molecule has 3 N–H and O–H groups in total. The SMILES string of the molecule is CC(NCCOC(N)=O)C(=O)OC(C)(C)C. The molecule has 0 aromatic heterocycles. The van der Waals surface area contributed by atoms with Crippen molar-refractivity contribution in [1.82, 2.24) is 5.32 Å². The first-order chi connectivity index (χ1) is 7.22. The van der Waals surface area contributed by atoms with E-state index in [0.717, 1.165) is 0 Å². The van der Waals surface area contributed by atoms with Crippen LogP contribution in [0.5, 0.6) is 0 Å². The molecule has 0 aliphatic carbocycles. The first kappa shape index (κ1) is 14.7. The summed E-state index contributed by atoms with van der Waals surface area (Å²) < 4.78 is 9.64. The fourth-order valence-corrected chi connectivity index (χ4v) is 0.901. The first-order valence-electron chi connectivity index (χ1n) is 5.11. The van der Waals surface area contributed by atoms with Crippen molar-refractivity contribution in [3.63, 3.8) is 0 Å². The molecule has 0 radical (unpaired) electrons. The van der Waals surface area contributed by atoms with Crippen molar-refractivity contribution in [3.05, 3.63) is 0 Å². The Bertz CT molecular complexity index is 248. The van der Waals surface area contributed by atoms with Gasteiger partial charge >= 0.3 is 12.1 Å². The number of rotatable bonds is 5. The van der Waals surface area contributed by atoms with Gasteiger partial charge in [0.2, 0.25) is 0 Å². The third-order valence-electron chi connectivity index (χ3n) is 1.56. The molecular formula is C10H20N2O4. The number of amides is 1. The monoisotopic (exact) mass is 232 g/mol.